The summed E-state index contributed by atoms with van der Waals surface area (Å²) in [5.74, 6) is 0.784. The molecular weight excluding hydrogens is 575 g/mol. The summed E-state index contributed by atoms with van der Waals surface area (Å²) >= 11 is 0. The summed E-state index contributed by atoms with van der Waals surface area (Å²) in [4.78, 5) is 10.7. The van der Waals surface area contributed by atoms with Crippen molar-refractivity contribution in [3.8, 4) is 50.6 Å². The number of benzene rings is 6. The number of fused-ring (bicyclic) bond motifs is 6. The van der Waals surface area contributed by atoms with E-state index in [0.29, 0.717) is 0 Å². The van der Waals surface area contributed by atoms with Crippen LogP contribution >= 0.6 is 0 Å². The van der Waals surface area contributed by atoms with Gasteiger partial charge in [0.25, 0.3) is 0 Å². The van der Waals surface area contributed by atoms with Gasteiger partial charge in [0.2, 0.25) is 0 Å². The third-order valence-electron chi connectivity index (χ3n) is 9.56. The number of para-hydroxylation sites is 2. The molecule has 0 fully saturated rings. The lowest BCUT2D eigenvalue weighted by Crippen LogP contribution is -2.50. The number of rotatable bonds is 4. The van der Waals surface area contributed by atoms with Gasteiger partial charge in [-0.1, -0.05) is 134 Å². The molecule has 8 aromatic rings. The van der Waals surface area contributed by atoms with Gasteiger partial charge in [0.05, 0.1) is 16.7 Å². The first-order valence-electron chi connectivity index (χ1n) is 15.9. The molecule has 0 bridgehead atoms. The monoisotopic (exact) mass is 605 g/mol. The van der Waals surface area contributed by atoms with E-state index in [2.05, 4.69) is 169 Å². The Morgan fingerprint density at radius 2 is 1.09 bits per heavy atom. The quantitative estimate of drug-likeness (QED) is 0.187. The van der Waals surface area contributed by atoms with Crippen LogP contribution in [0.1, 0.15) is 0 Å². The van der Waals surface area contributed by atoms with Crippen LogP contribution in [-0.4, -0.2) is 22.6 Å². The lowest BCUT2D eigenvalue weighted by molar-refractivity contribution is 1.18. The van der Waals surface area contributed by atoms with Crippen LogP contribution in [0.5, 0.6) is 0 Å². The molecule has 0 aliphatic carbocycles. The molecule has 0 atom stereocenters. The second-order valence-corrected chi connectivity index (χ2v) is 16.9. The van der Waals surface area contributed by atoms with Crippen molar-refractivity contribution in [3.05, 3.63) is 152 Å². The largest absolute Gasteiger partial charge is 0.309 e. The lowest BCUT2D eigenvalue weighted by atomic mass is 9.99. The van der Waals surface area contributed by atoms with Crippen LogP contribution in [0.25, 0.3) is 72.4 Å². The molecule has 0 unspecified atom stereocenters. The average Bonchev–Trinajstić information content (AvgIpc) is 3.57. The molecule has 0 spiro atoms. The van der Waals surface area contributed by atoms with E-state index in [1.165, 1.54) is 43.4 Å². The van der Waals surface area contributed by atoms with Gasteiger partial charge >= 0.3 is 0 Å². The van der Waals surface area contributed by atoms with Gasteiger partial charge in [-0.05, 0) is 52.2 Å². The van der Waals surface area contributed by atoms with Gasteiger partial charge in [-0.3, -0.25) is 0 Å². The Morgan fingerprint density at radius 3 is 1.85 bits per heavy atom. The van der Waals surface area contributed by atoms with Crippen molar-refractivity contribution in [2.24, 2.45) is 0 Å². The molecule has 9 rings (SSSR count). The van der Waals surface area contributed by atoms with E-state index >= 15 is 0 Å². The third kappa shape index (κ3) is 4.04. The molecule has 0 radical (unpaired) electrons. The fraction of sp³-hybridized carbons (Fsp3) is 0.0476. The van der Waals surface area contributed by atoms with E-state index in [-0.39, 0.29) is 0 Å². The highest BCUT2D eigenvalue weighted by Gasteiger charge is 2.41. The Labute approximate surface area is 269 Å². The summed E-state index contributed by atoms with van der Waals surface area (Å²) in [5, 5.41) is 5.18. The Bertz CT molecular complexity index is 2400. The second-order valence-electron chi connectivity index (χ2n) is 12.7. The van der Waals surface area contributed by atoms with E-state index in [0.717, 1.165) is 39.5 Å². The number of aromatic nitrogens is 3. The summed E-state index contributed by atoms with van der Waals surface area (Å²) in [6.07, 6.45) is 0. The smallest absolute Gasteiger partial charge is 0.159 e. The normalized spacial score (nSPS) is 13.2. The average molecular weight is 606 g/mol. The minimum Gasteiger partial charge on any atom is -0.309 e. The molecule has 1 aliphatic heterocycles. The first-order valence-corrected chi connectivity index (χ1v) is 18.9. The SMILES string of the molecule is C[Si]1(C)c2ccccc2-c2c(-c3ccccc3)nc(-c3cccc(-c4cccc(-n5c6ccccc6c6ccccc65)c4)c3)nc21. The summed E-state index contributed by atoms with van der Waals surface area (Å²) in [5.41, 5.74) is 11.5. The van der Waals surface area contributed by atoms with Crippen molar-refractivity contribution < 1.29 is 0 Å². The van der Waals surface area contributed by atoms with Gasteiger partial charge in [0.1, 0.15) is 8.07 Å². The van der Waals surface area contributed by atoms with Crippen molar-refractivity contribution in [2.45, 2.75) is 13.1 Å². The minimum absolute atomic E-state index is 0.784. The van der Waals surface area contributed by atoms with Crippen molar-refractivity contribution >= 4 is 40.4 Å². The molecular formula is C42H31N3Si. The zero-order chi connectivity index (χ0) is 30.8. The van der Waals surface area contributed by atoms with Crippen LogP contribution in [0.3, 0.4) is 0 Å². The number of hydrogen-bond donors (Lipinski definition) is 0. The zero-order valence-corrected chi connectivity index (χ0v) is 26.8. The van der Waals surface area contributed by atoms with E-state index < -0.39 is 8.07 Å². The van der Waals surface area contributed by atoms with Gasteiger partial charge in [-0.15, -0.1) is 0 Å². The van der Waals surface area contributed by atoms with E-state index in [4.69, 9.17) is 9.97 Å². The van der Waals surface area contributed by atoms with Gasteiger partial charge in [0, 0.05) is 38.5 Å². The lowest BCUT2D eigenvalue weighted by Gasteiger charge is -2.19. The van der Waals surface area contributed by atoms with Crippen LogP contribution in [0, 0.1) is 0 Å². The summed E-state index contributed by atoms with van der Waals surface area (Å²) < 4.78 is 2.37. The van der Waals surface area contributed by atoms with Crippen LogP contribution < -0.4 is 10.5 Å². The van der Waals surface area contributed by atoms with Crippen molar-refractivity contribution in [2.75, 3.05) is 0 Å². The topological polar surface area (TPSA) is 30.7 Å². The first kappa shape index (κ1) is 26.8. The molecule has 2 aromatic heterocycles. The second kappa shape index (κ2) is 10.2. The Hall–Kier alpha value is -5.58. The summed E-state index contributed by atoms with van der Waals surface area (Å²) in [7, 11) is -2.02. The van der Waals surface area contributed by atoms with E-state index in [9.17, 15) is 0 Å². The third-order valence-corrected chi connectivity index (χ3v) is 12.9. The molecule has 1 aliphatic rings. The zero-order valence-electron chi connectivity index (χ0n) is 25.8. The van der Waals surface area contributed by atoms with Crippen molar-refractivity contribution in [1.29, 1.82) is 0 Å². The minimum atomic E-state index is -2.02. The van der Waals surface area contributed by atoms with E-state index in [1.54, 1.807) is 0 Å². The summed E-state index contributed by atoms with van der Waals surface area (Å²) in [6, 6.07) is 54.3. The molecule has 0 saturated carbocycles. The van der Waals surface area contributed by atoms with Gasteiger partial charge in [-0.25, -0.2) is 9.97 Å². The maximum Gasteiger partial charge on any atom is 0.159 e. The number of hydrogen-bond acceptors (Lipinski definition) is 2. The fourth-order valence-corrected chi connectivity index (χ4v) is 10.3. The maximum atomic E-state index is 5.38. The molecule has 0 N–H and O–H groups in total. The van der Waals surface area contributed by atoms with Crippen molar-refractivity contribution in [3.63, 3.8) is 0 Å². The molecule has 4 heteroatoms. The van der Waals surface area contributed by atoms with Crippen LogP contribution in [0.2, 0.25) is 13.1 Å². The predicted octanol–water partition coefficient (Wildman–Crippen LogP) is 9.38. The van der Waals surface area contributed by atoms with Crippen LogP contribution in [0.4, 0.5) is 0 Å². The van der Waals surface area contributed by atoms with Crippen molar-refractivity contribution in [1.82, 2.24) is 14.5 Å². The van der Waals surface area contributed by atoms with Gasteiger partial charge < -0.3 is 4.57 Å². The highest BCUT2D eigenvalue weighted by Crippen LogP contribution is 2.37. The highest BCUT2D eigenvalue weighted by atomic mass is 28.3. The first-order chi connectivity index (χ1) is 22.6. The molecule has 0 saturated heterocycles. The molecule has 218 valence electrons. The fourth-order valence-electron chi connectivity index (χ4n) is 7.34. The van der Waals surface area contributed by atoms with Crippen LogP contribution in [-0.2, 0) is 0 Å². The Balaban J connectivity index is 1.20. The summed E-state index contributed by atoms with van der Waals surface area (Å²) in [6.45, 7) is 4.83. The molecule has 3 nitrogen and oxygen atoms in total. The Kier molecular flexibility index (Phi) is 5.96. The Morgan fingerprint density at radius 1 is 0.500 bits per heavy atom. The van der Waals surface area contributed by atoms with Gasteiger partial charge in [-0.2, -0.15) is 0 Å². The standard InChI is InChI=1S/C42H31N3Si/c1-46(2)38-25-11-8-22-35(38)39-40(28-14-4-3-5-15-28)43-41(44-42(39)46)31-18-12-16-29(26-31)30-17-13-19-32(27-30)45-36-23-9-6-20-33(36)34-21-7-10-24-37(34)45/h3-27H,1-2H3. The molecule has 6 aromatic carbocycles. The van der Waals surface area contributed by atoms with Crippen LogP contribution in [0.15, 0.2) is 152 Å². The molecule has 3 heterocycles. The van der Waals surface area contributed by atoms with Gasteiger partial charge in [0.15, 0.2) is 5.82 Å². The highest BCUT2D eigenvalue weighted by molar-refractivity contribution is 7.03. The number of nitrogens with zero attached hydrogens (tertiary/aromatic N) is 3. The maximum absolute atomic E-state index is 5.38. The molecule has 46 heavy (non-hydrogen) atoms. The predicted molar refractivity (Wildman–Crippen MR) is 195 cm³/mol. The van der Waals surface area contributed by atoms with E-state index in [1.807, 2.05) is 0 Å². The molecule has 0 amide bonds.